The van der Waals surface area contributed by atoms with Crippen LogP contribution in [-0.2, 0) is 23.0 Å². The molecule has 1 aliphatic rings. The highest BCUT2D eigenvalue weighted by atomic mass is 32.2. The normalized spacial score (nSPS) is 15.7. The molecule has 6 nitrogen and oxygen atoms in total. The highest BCUT2D eigenvalue weighted by molar-refractivity contribution is 7.89. The van der Waals surface area contributed by atoms with Crippen LogP contribution in [0.2, 0.25) is 0 Å². The van der Waals surface area contributed by atoms with Gasteiger partial charge in [-0.2, -0.15) is 4.31 Å². The third-order valence-electron chi connectivity index (χ3n) is 3.56. The van der Waals surface area contributed by atoms with E-state index >= 15 is 0 Å². The number of rotatable bonds is 2. The molecule has 2 heterocycles. The lowest BCUT2D eigenvalue weighted by molar-refractivity contribution is 0.385. The number of nitrogens with two attached hydrogens (primary N) is 1. The second kappa shape index (κ2) is 5.09. The Morgan fingerprint density at radius 3 is 2.90 bits per heavy atom. The summed E-state index contributed by atoms with van der Waals surface area (Å²) in [6, 6.07) is 6.92. The number of aryl methyl sites for hydroxylation is 1. The minimum absolute atomic E-state index is 0.170. The average Bonchev–Trinajstić information content (AvgIpc) is 2.46. The van der Waals surface area contributed by atoms with E-state index in [1.807, 2.05) is 13.0 Å². The van der Waals surface area contributed by atoms with E-state index in [1.54, 1.807) is 24.4 Å². The van der Waals surface area contributed by atoms with Crippen molar-refractivity contribution in [2.24, 2.45) is 0 Å². The van der Waals surface area contributed by atoms with E-state index in [4.69, 9.17) is 5.73 Å². The molecule has 2 aromatic rings. The molecule has 0 spiro atoms. The van der Waals surface area contributed by atoms with Crippen molar-refractivity contribution in [3.05, 3.63) is 47.3 Å². The summed E-state index contributed by atoms with van der Waals surface area (Å²) in [5.74, 6) is 0.170. The van der Waals surface area contributed by atoms with Gasteiger partial charge in [0.1, 0.15) is 0 Å². The Hall–Kier alpha value is -1.99. The molecule has 0 atom stereocenters. The SMILES string of the molecule is Cc1cccc(S(=O)(=O)N2CCc3cnc(N)nc3C2)c1. The fourth-order valence-electron chi connectivity index (χ4n) is 2.42. The molecule has 21 heavy (non-hydrogen) atoms. The summed E-state index contributed by atoms with van der Waals surface area (Å²) in [4.78, 5) is 8.41. The van der Waals surface area contributed by atoms with E-state index in [2.05, 4.69) is 9.97 Å². The highest BCUT2D eigenvalue weighted by Gasteiger charge is 2.29. The molecule has 2 N–H and O–H groups in total. The number of nitrogen functional groups attached to an aromatic ring is 1. The molecule has 0 radical (unpaired) electrons. The number of benzene rings is 1. The Bertz CT molecular complexity index is 789. The monoisotopic (exact) mass is 304 g/mol. The Morgan fingerprint density at radius 1 is 1.33 bits per heavy atom. The fourth-order valence-corrected chi connectivity index (χ4v) is 3.93. The van der Waals surface area contributed by atoms with Gasteiger partial charge in [-0.1, -0.05) is 12.1 Å². The standard InChI is InChI=1S/C14H16N4O2S/c1-10-3-2-4-12(7-10)21(19,20)18-6-5-11-8-16-14(15)17-13(11)9-18/h2-4,7-8H,5-6,9H2,1H3,(H2,15,16,17). The Kier molecular flexibility index (Phi) is 3.38. The summed E-state index contributed by atoms with van der Waals surface area (Å²) >= 11 is 0. The van der Waals surface area contributed by atoms with Gasteiger partial charge in [0.15, 0.2) is 0 Å². The van der Waals surface area contributed by atoms with Gasteiger partial charge in [-0.3, -0.25) is 0 Å². The highest BCUT2D eigenvalue weighted by Crippen LogP contribution is 2.24. The summed E-state index contributed by atoms with van der Waals surface area (Å²) < 4.78 is 26.8. The van der Waals surface area contributed by atoms with Crippen molar-refractivity contribution in [1.82, 2.24) is 14.3 Å². The van der Waals surface area contributed by atoms with Gasteiger partial charge in [0.2, 0.25) is 16.0 Å². The first kappa shape index (κ1) is 14.0. The van der Waals surface area contributed by atoms with Gasteiger partial charge in [0.25, 0.3) is 0 Å². The third-order valence-corrected chi connectivity index (χ3v) is 5.40. The molecule has 110 valence electrons. The first-order valence-electron chi connectivity index (χ1n) is 6.64. The first-order valence-corrected chi connectivity index (χ1v) is 8.08. The molecule has 0 saturated carbocycles. The second-order valence-electron chi connectivity index (χ2n) is 5.11. The Labute approximate surface area is 123 Å². The van der Waals surface area contributed by atoms with Gasteiger partial charge in [-0.25, -0.2) is 18.4 Å². The topological polar surface area (TPSA) is 89.2 Å². The van der Waals surface area contributed by atoms with Crippen LogP contribution in [0.5, 0.6) is 0 Å². The van der Waals surface area contributed by atoms with Crippen LogP contribution >= 0.6 is 0 Å². The number of aromatic nitrogens is 2. The molecule has 0 aliphatic carbocycles. The number of sulfonamides is 1. The number of anilines is 1. The van der Waals surface area contributed by atoms with Crippen LogP contribution in [0.25, 0.3) is 0 Å². The number of nitrogens with zero attached hydrogens (tertiary/aromatic N) is 3. The lowest BCUT2D eigenvalue weighted by Crippen LogP contribution is -2.36. The average molecular weight is 304 g/mol. The molecule has 0 bridgehead atoms. The molecule has 1 aliphatic heterocycles. The Morgan fingerprint density at radius 2 is 2.14 bits per heavy atom. The molecule has 0 fully saturated rings. The largest absolute Gasteiger partial charge is 0.368 e. The quantitative estimate of drug-likeness (QED) is 0.898. The third kappa shape index (κ3) is 2.62. The molecule has 7 heteroatoms. The van der Waals surface area contributed by atoms with Crippen molar-refractivity contribution in [1.29, 1.82) is 0 Å². The van der Waals surface area contributed by atoms with Crippen LogP contribution in [0.4, 0.5) is 5.95 Å². The number of hydrogen-bond donors (Lipinski definition) is 1. The molecule has 1 aromatic carbocycles. The smallest absolute Gasteiger partial charge is 0.243 e. The first-order chi connectivity index (χ1) is 9.96. The summed E-state index contributed by atoms with van der Waals surface area (Å²) in [6.45, 7) is 2.54. The van der Waals surface area contributed by atoms with Crippen molar-refractivity contribution in [2.75, 3.05) is 12.3 Å². The number of fused-ring (bicyclic) bond motifs is 1. The lowest BCUT2D eigenvalue weighted by atomic mass is 10.1. The van der Waals surface area contributed by atoms with Crippen molar-refractivity contribution >= 4 is 16.0 Å². The maximum absolute atomic E-state index is 12.7. The van der Waals surface area contributed by atoms with Crippen molar-refractivity contribution in [3.63, 3.8) is 0 Å². The molecule has 0 amide bonds. The van der Waals surface area contributed by atoms with Gasteiger partial charge in [-0.15, -0.1) is 0 Å². The van der Waals surface area contributed by atoms with Crippen LogP contribution in [0.1, 0.15) is 16.8 Å². The molecule has 1 aromatic heterocycles. The van der Waals surface area contributed by atoms with E-state index < -0.39 is 10.0 Å². The summed E-state index contributed by atoms with van der Waals surface area (Å²) in [6.07, 6.45) is 2.27. The molecular weight excluding hydrogens is 288 g/mol. The van der Waals surface area contributed by atoms with Crippen LogP contribution in [0, 0.1) is 6.92 Å². The maximum atomic E-state index is 12.7. The van der Waals surface area contributed by atoms with Crippen molar-refractivity contribution in [2.45, 2.75) is 24.8 Å². The predicted octanol–water partition coefficient (Wildman–Crippen LogP) is 1.11. The second-order valence-corrected chi connectivity index (χ2v) is 7.04. The fraction of sp³-hybridized carbons (Fsp3) is 0.286. The van der Waals surface area contributed by atoms with Gasteiger partial charge < -0.3 is 5.73 Å². The van der Waals surface area contributed by atoms with Crippen LogP contribution < -0.4 is 5.73 Å². The van der Waals surface area contributed by atoms with Gasteiger partial charge in [0.05, 0.1) is 17.1 Å². The molecule has 0 unspecified atom stereocenters. The minimum atomic E-state index is -3.51. The minimum Gasteiger partial charge on any atom is -0.368 e. The van der Waals surface area contributed by atoms with E-state index in [0.29, 0.717) is 23.6 Å². The molecular formula is C14H16N4O2S. The zero-order chi connectivity index (χ0) is 15.0. The van der Waals surface area contributed by atoms with Gasteiger partial charge in [0, 0.05) is 12.7 Å². The van der Waals surface area contributed by atoms with E-state index in [-0.39, 0.29) is 12.5 Å². The molecule has 3 rings (SSSR count). The zero-order valence-electron chi connectivity index (χ0n) is 11.7. The van der Waals surface area contributed by atoms with E-state index in [0.717, 1.165) is 11.1 Å². The summed E-state index contributed by atoms with van der Waals surface area (Å²) in [7, 11) is -3.51. The van der Waals surface area contributed by atoms with Crippen LogP contribution in [-0.4, -0.2) is 29.2 Å². The number of hydrogen-bond acceptors (Lipinski definition) is 5. The van der Waals surface area contributed by atoms with Gasteiger partial charge in [-0.05, 0) is 36.6 Å². The van der Waals surface area contributed by atoms with E-state index in [9.17, 15) is 8.42 Å². The zero-order valence-corrected chi connectivity index (χ0v) is 12.5. The molecule has 0 saturated heterocycles. The lowest BCUT2D eigenvalue weighted by Gasteiger charge is -2.27. The van der Waals surface area contributed by atoms with Crippen LogP contribution in [0.15, 0.2) is 35.4 Å². The van der Waals surface area contributed by atoms with Crippen molar-refractivity contribution < 1.29 is 8.42 Å². The van der Waals surface area contributed by atoms with E-state index in [1.165, 1.54) is 4.31 Å². The Balaban J connectivity index is 1.95. The van der Waals surface area contributed by atoms with Gasteiger partial charge >= 0.3 is 0 Å². The summed E-state index contributed by atoms with van der Waals surface area (Å²) in [5.41, 5.74) is 8.14. The van der Waals surface area contributed by atoms with Crippen molar-refractivity contribution in [3.8, 4) is 0 Å². The maximum Gasteiger partial charge on any atom is 0.243 e. The van der Waals surface area contributed by atoms with Crippen LogP contribution in [0.3, 0.4) is 0 Å². The predicted molar refractivity (Wildman–Crippen MR) is 78.9 cm³/mol. The summed E-state index contributed by atoms with van der Waals surface area (Å²) in [5, 5.41) is 0.